The molecule has 5 heteroatoms. The van der Waals surface area contributed by atoms with Crippen LogP contribution in [0.15, 0.2) is 6.07 Å². The SMILES string of the molecule is CCNc1nc(NC(C)C(C)(C)C)c(Cl)cc1Cl. The van der Waals surface area contributed by atoms with Gasteiger partial charge >= 0.3 is 0 Å². The highest BCUT2D eigenvalue weighted by atomic mass is 35.5. The quantitative estimate of drug-likeness (QED) is 0.846. The maximum Gasteiger partial charge on any atom is 0.147 e. The van der Waals surface area contributed by atoms with Crippen molar-refractivity contribution in [2.75, 3.05) is 17.2 Å². The van der Waals surface area contributed by atoms with E-state index in [-0.39, 0.29) is 11.5 Å². The van der Waals surface area contributed by atoms with Crippen LogP contribution in [-0.4, -0.2) is 17.6 Å². The Labute approximate surface area is 119 Å². The zero-order chi connectivity index (χ0) is 13.9. The highest BCUT2D eigenvalue weighted by Gasteiger charge is 2.21. The molecule has 1 unspecified atom stereocenters. The third-order valence-corrected chi connectivity index (χ3v) is 3.50. The first-order chi connectivity index (χ1) is 8.25. The van der Waals surface area contributed by atoms with Crippen molar-refractivity contribution < 1.29 is 0 Å². The van der Waals surface area contributed by atoms with E-state index in [0.717, 1.165) is 6.54 Å². The molecule has 0 saturated heterocycles. The van der Waals surface area contributed by atoms with Gasteiger partial charge in [-0.05, 0) is 25.3 Å². The molecular formula is C13H21Cl2N3. The molecule has 0 aliphatic carbocycles. The van der Waals surface area contributed by atoms with Crippen molar-refractivity contribution in [1.82, 2.24) is 4.98 Å². The third-order valence-electron chi connectivity index (χ3n) is 2.93. The average Bonchev–Trinajstić information content (AvgIpc) is 2.23. The molecule has 18 heavy (non-hydrogen) atoms. The lowest BCUT2D eigenvalue weighted by molar-refractivity contribution is 0.359. The third kappa shape index (κ3) is 3.92. The van der Waals surface area contributed by atoms with Gasteiger partial charge in [-0.3, -0.25) is 0 Å². The summed E-state index contributed by atoms with van der Waals surface area (Å²) in [5.74, 6) is 1.33. The summed E-state index contributed by atoms with van der Waals surface area (Å²) >= 11 is 12.2. The lowest BCUT2D eigenvalue weighted by Gasteiger charge is -2.29. The normalized spacial score (nSPS) is 13.3. The molecule has 0 bridgehead atoms. The predicted octanol–water partition coefficient (Wildman–Crippen LogP) is 4.67. The molecule has 2 N–H and O–H groups in total. The Morgan fingerprint density at radius 3 is 2.28 bits per heavy atom. The maximum absolute atomic E-state index is 6.16. The Bertz CT molecular complexity index is 413. The van der Waals surface area contributed by atoms with E-state index in [1.165, 1.54) is 0 Å². The van der Waals surface area contributed by atoms with Gasteiger partial charge in [-0.1, -0.05) is 44.0 Å². The van der Waals surface area contributed by atoms with Crippen LogP contribution in [0.3, 0.4) is 0 Å². The standard InChI is InChI=1S/C13H21Cl2N3/c1-6-16-11-9(14)7-10(15)12(18-11)17-8(2)13(3,4)5/h7-8H,6H2,1-5H3,(H2,16,17,18). The van der Waals surface area contributed by atoms with Gasteiger partial charge in [0.15, 0.2) is 0 Å². The van der Waals surface area contributed by atoms with Crippen LogP contribution >= 0.6 is 23.2 Å². The van der Waals surface area contributed by atoms with Gasteiger partial charge in [0.05, 0.1) is 10.0 Å². The molecule has 0 fully saturated rings. The summed E-state index contributed by atoms with van der Waals surface area (Å²) in [4.78, 5) is 4.43. The minimum absolute atomic E-state index is 0.128. The smallest absolute Gasteiger partial charge is 0.147 e. The topological polar surface area (TPSA) is 37.0 Å². The van der Waals surface area contributed by atoms with Gasteiger partial charge in [0.1, 0.15) is 11.6 Å². The van der Waals surface area contributed by atoms with E-state index in [2.05, 4.69) is 43.3 Å². The number of rotatable bonds is 4. The van der Waals surface area contributed by atoms with E-state index in [4.69, 9.17) is 23.2 Å². The highest BCUT2D eigenvalue weighted by Crippen LogP contribution is 2.31. The van der Waals surface area contributed by atoms with Crippen LogP contribution in [0.5, 0.6) is 0 Å². The van der Waals surface area contributed by atoms with Crippen LogP contribution in [0.25, 0.3) is 0 Å². The maximum atomic E-state index is 6.16. The van der Waals surface area contributed by atoms with E-state index in [1.807, 2.05) is 6.92 Å². The van der Waals surface area contributed by atoms with Crippen molar-refractivity contribution in [2.45, 2.75) is 40.7 Å². The Morgan fingerprint density at radius 2 is 1.78 bits per heavy atom. The summed E-state index contributed by atoms with van der Waals surface area (Å²) in [7, 11) is 0. The summed E-state index contributed by atoms with van der Waals surface area (Å²) in [6, 6.07) is 1.96. The van der Waals surface area contributed by atoms with Crippen molar-refractivity contribution in [1.29, 1.82) is 0 Å². The fourth-order valence-corrected chi connectivity index (χ4v) is 1.76. The van der Waals surface area contributed by atoms with Crippen molar-refractivity contribution in [3.05, 3.63) is 16.1 Å². The Balaban J connectivity index is 2.98. The fraction of sp³-hybridized carbons (Fsp3) is 0.615. The minimum atomic E-state index is 0.128. The first-order valence-electron chi connectivity index (χ1n) is 6.12. The lowest BCUT2D eigenvalue weighted by atomic mass is 9.88. The molecule has 1 atom stereocenters. The molecule has 0 amide bonds. The van der Waals surface area contributed by atoms with Gasteiger partial charge in [0.25, 0.3) is 0 Å². The summed E-state index contributed by atoms with van der Waals surface area (Å²) in [5, 5.41) is 7.53. The monoisotopic (exact) mass is 289 g/mol. The molecule has 0 aliphatic rings. The first kappa shape index (κ1) is 15.4. The molecule has 3 nitrogen and oxygen atoms in total. The van der Waals surface area contributed by atoms with E-state index < -0.39 is 0 Å². The lowest BCUT2D eigenvalue weighted by Crippen LogP contribution is -2.31. The van der Waals surface area contributed by atoms with Gasteiger partial charge in [0, 0.05) is 12.6 Å². The molecule has 0 aromatic carbocycles. The molecule has 1 rings (SSSR count). The second-order valence-electron chi connectivity index (χ2n) is 5.41. The van der Waals surface area contributed by atoms with Crippen LogP contribution in [0.1, 0.15) is 34.6 Å². The van der Waals surface area contributed by atoms with Gasteiger partial charge in [-0.2, -0.15) is 0 Å². The van der Waals surface area contributed by atoms with Gasteiger partial charge in [-0.15, -0.1) is 0 Å². The van der Waals surface area contributed by atoms with Gasteiger partial charge < -0.3 is 10.6 Å². The zero-order valence-electron chi connectivity index (χ0n) is 11.6. The number of nitrogens with one attached hydrogen (secondary N) is 2. The number of hydrogen-bond acceptors (Lipinski definition) is 3. The van der Waals surface area contributed by atoms with Crippen LogP contribution in [-0.2, 0) is 0 Å². The van der Waals surface area contributed by atoms with Gasteiger partial charge in [0.2, 0.25) is 0 Å². The minimum Gasteiger partial charge on any atom is -0.369 e. The summed E-state index contributed by atoms with van der Waals surface area (Å²) in [6.45, 7) is 11.4. The van der Waals surface area contributed by atoms with Crippen LogP contribution < -0.4 is 10.6 Å². The number of pyridine rings is 1. The van der Waals surface area contributed by atoms with E-state index in [1.54, 1.807) is 6.07 Å². The number of hydrogen-bond donors (Lipinski definition) is 2. The average molecular weight is 290 g/mol. The molecule has 1 heterocycles. The number of nitrogens with zero attached hydrogens (tertiary/aromatic N) is 1. The van der Waals surface area contributed by atoms with Crippen LogP contribution in [0, 0.1) is 5.41 Å². The molecular weight excluding hydrogens is 269 g/mol. The molecule has 102 valence electrons. The Morgan fingerprint density at radius 1 is 1.22 bits per heavy atom. The number of halogens is 2. The van der Waals surface area contributed by atoms with Crippen molar-refractivity contribution >= 4 is 34.8 Å². The van der Waals surface area contributed by atoms with Gasteiger partial charge in [-0.25, -0.2) is 4.98 Å². The molecule has 0 saturated carbocycles. The summed E-state index contributed by atoms with van der Waals surface area (Å²) < 4.78 is 0. The van der Waals surface area contributed by atoms with Crippen molar-refractivity contribution in [3.63, 3.8) is 0 Å². The molecule has 0 aliphatic heterocycles. The summed E-state index contributed by atoms with van der Waals surface area (Å²) in [6.07, 6.45) is 0. The summed E-state index contributed by atoms with van der Waals surface area (Å²) in [5.41, 5.74) is 0.128. The Kier molecular flexibility index (Phi) is 5.11. The second kappa shape index (κ2) is 5.98. The number of aromatic nitrogens is 1. The predicted molar refractivity (Wildman–Crippen MR) is 81.0 cm³/mol. The zero-order valence-corrected chi connectivity index (χ0v) is 13.1. The van der Waals surface area contributed by atoms with Crippen LogP contribution in [0.4, 0.5) is 11.6 Å². The van der Waals surface area contributed by atoms with E-state index in [9.17, 15) is 0 Å². The van der Waals surface area contributed by atoms with Crippen LogP contribution in [0.2, 0.25) is 10.0 Å². The molecule has 1 aromatic heterocycles. The molecule has 0 spiro atoms. The molecule has 0 radical (unpaired) electrons. The number of anilines is 2. The van der Waals surface area contributed by atoms with Crippen molar-refractivity contribution in [3.8, 4) is 0 Å². The fourth-order valence-electron chi connectivity index (χ4n) is 1.28. The second-order valence-corrected chi connectivity index (χ2v) is 6.23. The van der Waals surface area contributed by atoms with E-state index >= 15 is 0 Å². The largest absolute Gasteiger partial charge is 0.369 e. The Hall–Kier alpha value is -0.670. The highest BCUT2D eigenvalue weighted by molar-refractivity contribution is 6.37. The molecule has 1 aromatic rings. The van der Waals surface area contributed by atoms with Crippen molar-refractivity contribution in [2.24, 2.45) is 5.41 Å². The van der Waals surface area contributed by atoms with E-state index in [0.29, 0.717) is 21.7 Å². The first-order valence-corrected chi connectivity index (χ1v) is 6.87.